The molecule has 0 radical (unpaired) electrons. The van der Waals surface area contributed by atoms with Crippen molar-refractivity contribution in [3.8, 4) is 0 Å². The highest BCUT2D eigenvalue weighted by molar-refractivity contribution is 6.33. The summed E-state index contributed by atoms with van der Waals surface area (Å²) in [5, 5.41) is 3.15. The van der Waals surface area contributed by atoms with E-state index in [0.717, 1.165) is 5.56 Å². The van der Waals surface area contributed by atoms with Gasteiger partial charge in [-0.05, 0) is 36.8 Å². The maximum Gasteiger partial charge on any atom is 0.257 e. The zero-order valence-corrected chi connectivity index (χ0v) is 10.5. The van der Waals surface area contributed by atoms with Crippen LogP contribution in [0.5, 0.6) is 0 Å². The molecule has 0 bridgehead atoms. The minimum Gasteiger partial charge on any atom is -0.398 e. The number of hydrogen-bond donors (Lipinski definition) is 2. The van der Waals surface area contributed by atoms with E-state index in [0.29, 0.717) is 22.0 Å². The fourth-order valence-electron chi connectivity index (χ4n) is 1.49. The first-order chi connectivity index (χ1) is 8.56. The van der Waals surface area contributed by atoms with Gasteiger partial charge in [0, 0.05) is 18.1 Å². The van der Waals surface area contributed by atoms with Crippen LogP contribution in [0.1, 0.15) is 15.9 Å². The summed E-state index contributed by atoms with van der Waals surface area (Å²) in [6.45, 7) is 1.88. The summed E-state index contributed by atoms with van der Waals surface area (Å²) in [4.78, 5) is 15.9. The highest BCUT2D eigenvalue weighted by atomic mass is 35.5. The Bertz CT molecular complexity index is 599. The van der Waals surface area contributed by atoms with Gasteiger partial charge in [0.25, 0.3) is 5.91 Å². The van der Waals surface area contributed by atoms with E-state index >= 15 is 0 Å². The molecule has 0 saturated carbocycles. The number of carbonyl (C=O) groups excluding carboxylic acids is 1. The predicted octanol–water partition coefficient (Wildman–Crippen LogP) is 2.88. The molecule has 1 aromatic carbocycles. The molecule has 92 valence electrons. The summed E-state index contributed by atoms with van der Waals surface area (Å²) in [5.41, 5.74) is 8.10. The third-order valence-corrected chi connectivity index (χ3v) is 2.72. The third-order valence-electron chi connectivity index (χ3n) is 2.40. The van der Waals surface area contributed by atoms with Gasteiger partial charge in [-0.25, -0.2) is 0 Å². The van der Waals surface area contributed by atoms with Crippen molar-refractivity contribution >= 4 is 28.9 Å². The van der Waals surface area contributed by atoms with Crippen LogP contribution in [0, 0.1) is 6.92 Å². The molecule has 2 rings (SSSR count). The smallest absolute Gasteiger partial charge is 0.257 e. The quantitative estimate of drug-likeness (QED) is 0.817. The molecule has 1 amide bonds. The molecule has 2 aromatic rings. The van der Waals surface area contributed by atoms with Crippen LogP contribution in [0.3, 0.4) is 0 Å². The van der Waals surface area contributed by atoms with Crippen LogP contribution in [0.4, 0.5) is 11.4 Å². The molecular weight excluding hydrogens is 250 g/mol. The van der Waals surface area contributed by atoms with Crippen LogP contribution >= 0.6 is 11.6 Å². The molecule has 1 aromatic heterocycles. The van der Waals surface area contributed by atoms with E-state index in [1.54, 1.807) is 30.5 Å². The van der Waals surface area contributed by atoms with Gasteiger partial charge in [0.2, 0.25) is 0 Å². The van der Waals surface area contributed by atoms with E-state index in [1.165, 1.54) is 6.20 Å². The van der Waals surface area contributed by atoms with Gasteiger partial charge in [-0.3, -0.25) is 9.78 Å². The number of nitrogens with two attached hydrogens (primary N) is 1. The van der Waals surface area contributed by atoms with Gasteiger partial charge in [0.05, 0.1) is 16.3 Å². The number of aryl methyl sites for hydroxylation is 1. The standard InChI is InChI=1S/C13H12ClN3O/c1-8-4-9(7-16-6-8)13(18)17-10-2-3-12(15)11(14)5-10/h2-7H,15H2,1H3,(H,17,18). The van der Waals surface area contributed by atoms with Crippen molar-refractivity contribution in [3.63, 3.8) is 0 Å². The van der Waals surface area contributed by atoms with Crippen LogP contribution < -0.4 is 11.1 Å². The maximum absolute atomic E-state index is 11.9. The van der Waals surface area contributed by atoms with Crippen molar-refractivity contribution in [1.29, 1.82) is 0 Å². The number of nitrogen functional groups attached to an aromatic ring is 1. The lowest BCUT2D eigenvalue weighted by molar-refractivity contribution is 0.102. The van der Waals surface area contributed by atoms with E-state index < -0.39 is 0 Å². The third kappa shape index (κ3) is 2.78. The molecule has 4 nitrogen and oxygen atoms in total. The molecule has 0 unspecified atom stereocenters. The molecule has 0 aliphatic heterocycles. The van der Waals surface area contributed by atoms with Gasteiger partial charge in [-0.2, -0.15) is 0 Å². The number of hydrogen-bond acceptors (Lipinski definition) is 3. The zero-order valence-electron chi connectivity index (χ0n) is 9.77. The number of nitrogens with zero attached hydrogens (tertiary/aromatic N) is 1. The second kappa shape index (κ2) is 5.06. The molecular formula is C13H12ClN3O. The molecule has 0 spiro atoms. The van der Waals surface area contributed by atoms with Crippen LogP contribution in [0.25, 0.3) is 0 Å². The van der Waals surface area contributed by atoms with Crippen molar-refractivity contribution < 1.29 is 4.79 Å². The summed E-state index contributed by atoms with van der Waals surface area (Å²) in [7, 11) is 0. The number of halogens is 1. The molecule has 5 heteroatoms. The second-order valence-electron chi connectivity index (χ2n) is 3.94. The topological polar surface area (TPSA) is 68.0 Å². The summed E-state index contributed by atoms with van der Waals surface area (Å²) in [5.74, 6) is -0.230. The first-order valence-electron chi connectivity index (χ1n) is 5.34. The number of rotatable bonds is 2. The van der Waals surface area contributed by atoms with Gasteiger partial charge >= 0.3 is 0 Å². The van der Waals surface area contributed by atoms with Crippen LogP contribution in [-0.4, -0.2) is 10.9 Å². The fourth-order valence-corrected chi connectivity index (χ4v) is 1.67. The monoisotopic (exact) mass is 261 g/mol. The van der Waals surface area contributed by atoms with Gasteiger partial charge in [-0.1, -0.05) is 11.6 Å². The average molecular weight is 262 g/mol. The summed E-state index contributed by atoms with van der Waals surface area (Å²) >= 11 is 5.88. The predicted molar refractivity (Wildman–Crippen MR) is 72.8 cm³/mol. The lowest BCUT2D eigenvalue weighted by Crippen LogP contribution is -2.12. The SMILES string of the molecule is Cc1cncc(C(=O)Nc2ccc(N)c(Cl)c2)c1. The first-order valence-corrected chi connectivity index (χ1v) is 5.72. The molecule has 0 aliphatic carbocycles. The maximum atomic E-state index is 11.9. The first kappa shape index (κ1) is 12.4. The van der Waals surface area contributed by atoms with Crippen molar-refractivity contribution in [2.75, 3.05) is 11.1 Å². The molecule has 0 atom stereocenters. The van der Waals surface area contributed by atoms with Crippen molar-refractivity contribution in [2.45, 2.75) is 6.92 Å². The van der Waals surface area contributed by atoms with Crippen LogP contribution in [0.15, 0.2) is 36.7 Å². The average Bonchev–Trinajstić information content (AvgIpc) is 2.34. The Balaban J connectivity index is 2.18. The number of amides is 1. The van der Waals surface area contributed by atoms with Crippen molar-refractivity contribution in [1.82, 2.24) is 4.98 Å². The Morgan fingerprint density at radius 2 is 2.11 bits per heavy atom. The van der Waals surface area contributed by atoms with Crippen molar-refractivity contribution in [3.05, 3.63) is 52.8 Å². The Labute approximate surface area is 110 Å². The Morgan fingerprint density at radius 1 is 1.33 bits per heavy atom. The van der Waals surface area contributed by atoms with E-state index in [4.69, 9.17) is 17.3 Å². The van der Waals surface area contributed by atoms with Crippen molar-refractivity contribution in [2.24, 2.45) is 0 Å². The number of anilines is 2. The molecule has 0 saturated heterocycles. The number of aromatic nitrogens is 1. The fraction of sp³-hybridized carbons (Fsp3) is 0.0769. The zero-order chi connectivity index (χ0) is 13.1. The number of benzene rings is 1. The minimum absolute atomic E-state index is 0.230. The van der Waals surface area contributed by atoms with E-state index in [-0.39, 0.29) is 5.91 Å². The highest BCUT2D eigenvalue weighted by Gasteiger charge is 2.07. The molecule has 3 N–H and O–H groups in total. The molecule has 18 heavy (non-hydrogen) atoms. The molecule has 1 heterocycles. The minimum atomic E-state index is -0.230. The van der Waals surface area contributed by atoms with E-state index in [2.05, 4.69) is 10.3 Å². The summed E-state index contributed by atoms with van der Waals surface area (Å²) in [6, 6.07) is 6.72. The van der Waals surface area contributed by atoms with Crippen LogP contribution in [0.2, 0.25) is 5.02 Å². The van der Waals surface area contributed by atoms with E-state index in [1.807, 2.05) is 6.92 Å². The van der Waals surface area contributed by atoms with Crippen LogP contribution in [-0.2, 0) is 0 Å². The number of nitrogens with one attached hydrogen (secondary N) is 1. The molecule has 0 aliphatic rings. The second-order valence-corrected chi connectivity index (χ2v) is 4.35. The number of pyridine rings is 1. The molecule has 0 fully saturated rings. The largest absolute Gasteiger partial charge is 0.398 e. The normalized spacial score (nSPS) is 10.1. The van der Waals surface area contributed by atoms with Gasteiger partial charge in [0.15, 0.2) is 0 Å². The van der Waals surface area contributed by atoms with Gasteiger partial charge < -0.3 is 11.1 Å². The summed E-state index contributed by atoms with van der Waals surface area (Å²) in [6.07, 6.45) is 3.21. The highest BCUT2D eigenvalue weighted by Crippen LogP contribution is 2.22. The Morgan fingerprint density at radius 3 is 2.78 bits per heavy atom. The van der Waals surface area contributed by atoms with Gasteiger partial charge in [-0.15, -0.1) is 0 Å². The van der Waals surface area contributed by atoms with Gasteiger partial charge in [0.1, 0.15) is 0 Å². The van der Waals surface area contributed by atoms with E-state index in [9.17, 15) is 4.79 Å². The lowest BCUT2D eigenvalue weighted by Gasteiger charge is -2.07. The number of carbonyl (C=O) groups is 1. The Hall–Kier alpha value is -2.07. The summed E-state index contributed by atoms with van der Waals surface area (Å²) < 4.78 is 0. The Kier molecular flexibility index (Phi) is 3.48. The lowest BCUT2D eigenvalue weighted by atomic mass is 10.2.